The van der Waals surface area contributed by atoms with Gasteiger partial charge in [-0.05, 0) is 43.2 Å². The lowest BCUT2D eigenvalue weighted by Crippen LogP contribution is -2.51. The van der Waals surface area contributed by atoms with Crippen LogP contribution in [0.2, 0.25) is 0 Å². The van der Waals surface area contributed by atoms with Gasteiger partial charge < -0.3 is 9.64 Å². The molecule has 1 aromatic heterocycles. The number of rotatable bonds is 5. The molecule has 1 aromatic rings. The van der Waals surface area contributed by atoms with Gasteiger partial charge >= 0.3 is 0 Å². The molecule has 0 spiro atoms. The summed E-state index contributed by atoms with van der Waals surface area (Å²) in [6.07, 6.45) is -0.319. The highest BCUT2D eigenvalue weighted by Crippen LogP contribution is 2.23. The number of ether oxygens (including phenoxy) is 1. The van der Waals surface area contributed by atoms with E-state index in [0.717, 1.165) is 26.2 Å². The van der Waals surface area contributed by atoms with Crippen molar-refractivity contribution in [3.8, 4) is 0 Å². The van der Waals surface area contributed by atoms with Crippen molar-refractivity contribution in [3.63, 3.8) is 0 Å². The number of hydrogen-bond donors (Lipinski definition) is 0. The van der Waals surface area contributed by atoms with Crippen molar-refractivity contribution in [1.29, 1.82) is 0 Å². The Labute approximate surface area is 125 Å². The first kappa shape index (κ1) is 15.5. The van der Waals surface area contributed by atoms with E-state index in [1.54, 1.807) is 11.3 Å². The van der Waals surface area contributed by atoms with Crippen LogP contribution in [-0.4, -0.2) is 54.6 Å². The summed E-state index contributed by atoms with van der Waals surface area (Å²) in [6, 6.07) is 2.62. The zero-order valence-electron chi connectivity index (χ0n) is 12.5. The van der Waals surface area contributed by atoms with E-state index in [4.69, 9.17) is 4.74 Å². The van der Waals surface area contributed by atoms with Gasteiger partial charge in [-0.1, -0.05) is 0 Å². The number of carbonyl (C=O) groups excluding carboxylic acids is 1. The zero-order valence-corrected chi connectivity index (χ0v) is 13.4. The summed E-state index contributed by atoms with van der Waals surface area (Å²) in [7, 11) is 0. The number of nitrogens with zero attached hydrogens (tertiary/aromatic N) is 2. The normalized spacial score (nSPS) is 19.9. The van der Waals surface area contributed by atoms with Crippen molar-refractivity contribution in [2.75, 3.05) is 32.8 Å². The zero-order chi connectivity index (χ0) is 14.5. The van der Waals surface area contributed by atoms with Crippen LogP contribution in [0.15, 0.2) is 16.8 Å². The Balaban J connectivity index is 1.84. The molecule has 2 heterocycles. The Bertz CT molecular complexity index is 414. The topological polar surface area (TPSA) is 32.8 Å². The van der Waals surface area contributed by atoms with E-state index in [1.807, 2.05) is 18.7 Å². The van der Waals surface area contributed by atoms with Gasteiger partial charge in [0.1, 0.15) is 6.10 Å². The minimum Gasteiger partial charge on any atom is -0.369 e. The summed E-state index contributed by atoms with van der Waals surface area (Å²) in [4.78, 5) is 16.5. The van der Waals surface area contributed by atoms with Crippen LogP contribution in [0.1, 0.15) is 32.4 Å². The molecule has 0 bridgehead atoms. The van der Waals surface area contributed by atoms with Crippen LogP contribution in [0.25, 0.3) is 0 Å². The molecule has 1 saturated heterocycles. The van der Waals surface area contributed by atoms with Crippen molar-refractivity contribution >= 4 is 17.2 Å². The minimum absolute atomic E-state index is 0.120. The Kier molecular flexibility index (Phi) is 5.57. The maximum absolute atomic E-state index is 12.2. The Morgan fingerprint density at radius 2 is 2.05 bits per heavy atom. The van der Waals surface area contributed by atoms with Crippen LogP contribution in [0.3, 0.4) is 0 Å². The van der Waals surface area contributed by atoms with E-state index in [2.05, 4.69) is 28.7 Å². The Morgan fingerprint density at radius 3 is 2.60 bits per heavy atom. The number of hydrogen-bond acceptors (Lipinski definition) is 4. The standard InChI is InChI=1S/C15H24N2O2S/c1-4-19-13(3)15(18)17-8-6-16(7-9-17)12(2)14-5-10-20-11-14/h5,10-13H,4,6-9H2,1-3H3/t12-,13+/m1/s1. The van der Waals surface area contributed by atoms with Gasteiger partial charge in [-0.15, -0.1) is 0 Å². The quantitative estimate of drug-likeness (QED) is 0.836. The average molecular weight is 296 g/mol. The number of amides is 1. The number of carbonyl (C=O) groups is 1. The van der Waals surface area contributed by atoms with E-state index in [1.165, 1.54) is 5.56 Å². The average Bonchev–Trinajstić information content (AvgIpc) is 3.00. The fourth-order valence-electron chi connectivity index (χ4n) is 2.63. The fraction of sp³-hybridized carbons (Fsp3) is 0.667. The number of thiophene rings is 1. The predicted octanol–water partition coefficient (Wildman–Crippen LogP) is 2.38. The first-order chi connectivity index (χ1) is 9.63. The second-order valence-corrected chi connectivity index (χ2v) is 5.97. The van der Waals surface area contributed by atoms with Crippen molar-refractivity contribution in [2.45, 2.75) is 32.9 Å². The molecule has 1 fully saturated rings. The molecule has 4 nitrogen and oxygen atoms in total. The SMILES string of the molecule is CCO[C@@H](C)C(=O)N1CCN([C@H](C)c2ccsc2)CC1. The molecule has 0 unspecified atom stereocenters. The van der Waals surface area contributed by atoms with E-state index in [9.17, 15) is 4.79 Å². The first-order valence-corrected chi connectivity index (χ1v) is 8.24. The van der Waals surface area contributed by atoms with Crippen molar-refractivity contribution in [2.24, 2.45) is 0 Å². The molecule has 1 amide bonds. The van der Waals surface area contributed by atoms with Crippen LogP contribution in [0.4, 0.5) is 0 Å². The highest BCUT2D eigenvalue weighted by Gasteiger charge is 2.27. The summed E-state index contributed by atoms with van der Waals surface area (Å²) in [6.45, 7) is 10.0. The van der Waals surface area contributed by atoms with Crippen LogP contribution in [-0.2, 0) is 9.53 Å². The molecule has 0 aliphatic carbocycles. The third-order valence-electron chi connectivity index (χ3n) is 3.96. The minimum atomic E-state index is -0.319. The van der Waals surface area contributed by atoms with Gasteiger partial charge in [0.25, 0.3) is 5.91 Å². The highest BCUT2D eigenvalue weighted by atomic mass is 32.1. The van der Waals surface area contributed by atoms with Crippen LogP contribution >= 0.6 is 11.3 Å². The molecule has 0 aromatic carbocycles. The molecule has 2 atom stereocenters. The van der Waals surface area contributed by atoms with E-state index < -0.39 is 0 Å². The second-order valence-electron chi connectivity index (χ2n) is 5.19. The molecule has 2 rings (SSSR count). The molecular formula is C15H24N2O2S. The molecule has 20 heavy (non-hydrogen) atoms. The van der Waals surface area contributed by atoms with E-state index in [-0.39, 0.29) is 12.0 Å². The largest absolute Gasteiger partial charge is 0.369 e. The molecule has 5 heteroatoms. The van der Waals surface area contributed by atoms with Gasteiger partial charge in [0, 0.05) is 38.8 Å². The van der Waals surface area contributed by atoms with Crippen molar-refractivity contribution in [3.05, 3.63) is 22.4 Å². The third kappa shape index (κ3) is 3.59. The summed E-state index contributed by atoms with van der Waals surface area (Å²) in [5.74, 6) is 0.120. The lowest BCUT2D eigenvalue weighted by atomic mass is 10.1. The van der Waals surface area contributed by atoms with Gasteiger partial charge in [0.2, 0.25) is 0 Å². The van der Waals surface area contributed by atoms with Crippen LogP contribution in [0, 0.1) is 0 Å². The second kappa shape index (κ2) is 7.20. The first-order valence-electron chi connectivity index (χ1n) is 7.30. The fourth-order valence-corrected chi connectivity index (χ4v) is 3.38. The van der Waals surface area contributed by atoms with Gasteiger partial charge in [-0.25, -0.2) is 0 Å². The lowest BCUT2D eigenvalue weighted by molar-refractivity contribution is -0.144. The molecule has 1 aliphatic heterocycles. The number of piperazine rings is 1. The smallest absolute Gasteiger partial charge is 0.251 e. The van der Waals surface area contributed by atoms with Gasteiger partial charge in [-0.3, -0.25) is 9.69 Å². The summed E-state index contributed by atoms with van der Waals surface area (Å²) in [5, 5.41) is 4.33. The predicted molar refractivity (Wildman–Crippen MR) is 82.0 cm³/mol. The van der Waals surface area contributed by atoms with Gasteiger partial charge in [0.05, 0.1) is 0 Å². The molecule has 1 aliphatic rings. The van der Waals surface area contributed by atoms with Crippen LogP contribution in [0.5, 0.6) is 0 Å². The Hall–Kier alpha value is -0.910. The maximum Gasteiger partial charge on any atom is 0.251 e. The summed E-state index contributed by atoms with van der Waals surface area (Å²) in [5.41, 5.74) is 1.37. The monoisotopic (exact) mass is 296 g/mol. The molecule has 0 saturated carbocycles. The molecule has 0 N–H and O–H groups in total. The molecular weight excluding hydrogens is 272 g/mol. The molecule has 112 valence electrons. The summed E-state index contributed by atoms with van der Waals surface area (Å²) < 4.78 is 5.39. The highest BCUT2D eigenvalue weighted by molar-refractivity contribution is 7.07. The van der Waals surface area contributed by atoms with Crippen LogP contribution < -0.4 is 0 Å². The van der Waals surface area contributed by atoms with Gasteiger partial charge in [-0.2, -0.15) is 11.3 Å². The van der Waals surface area contributed by atoms with Crippen molar-refractivity contribution in [1.82, 2.24) is 9.80 Å². The van der Waals surface area contributed by atoms with Gasteiger partial charge in [0.15, 0.2) is 0 Å². The maximum atomic E-state index is 12.2. The molecule has 0 radical (unpaired) electrons. The lowest BCUT2D eigenvalue weighted by Gasteiger charge is -2.38. The van der Waals surface area contributed by atoms with E-state index >= 15 is 0 Å². The summed E-state index contributed by atoms with van der Waals surface area (Å²) >= 11 is 1.74. The Morgan fingerprint density at radius 1 is 1.35 bits per heavy atom. The third-order valence-corrected chi connectivity index (χ3v) is 4.67. The van der Waals surface area contributed by atoms with Crippen molar-refractivity contribution < 1.29 is 9.53 Å². The van der Waals surface area contributed by atoms with E-state index in [0.29, 0.717) is 12.6 Å².